The van der Waals surface area contributed by atoms with Crippen molar-refractivity contribution in [1.82, 2.24) is 19.2 Å². The van der Waals surface area contributed by atoms with Crippen molar-refractivity contribution in [3.63, 3.8) is 0 Å². The van der Waals surface area contributed by atoms with Crippen LogP contribution in [0.15, 0.2) is 47.0 Å². The number of hydrogen-bond acceptors (Lipinski definition) is 9. The van der Waals surface area contributed by atoms with E-state index >= 15 is 0 Å². The molecule has 0 aliphatic carbocycles. The minimum absolute atomic E-state index is 0.0760. The summed E-state index contributed by atoms with van der Waals surface area (Å²) in [7, 11) is 0. The minimum atomic E-state index is -0.479. The number of carbonyl (C=O) groups excluding carboxylic acids is 1. The third kappa shape index (κ3) is 6.66. The summed E-state index contributed by atoms with van der Waals surface area (Å²) < 4.78 is 8.41. The number of fused-ring (bicyclic) bond motifs is 1. The molecule has 1 saturated heterocycles. The van der Waals surface area contributed by atoms with Gasteiger partial charge in [0.15, 0.2) is 5.65 Å². The first kappa shape index (κ1) is 28.3. The molecule has 1 atom stereocenters. The average molecular weight is 538 g/mol. The summed E-state index contributed by atoms with van der Waals surface area (Å²) in [5, 5.41) is 17.7. The van der Waals surface area contributed by atoms with Crippen LogP contribution in [0.2, 0.25) is 0 Å². The van der Waals surface area contributed by atoms with E-state index in [1.54, 1.807) is 25.3 Å². The molecule has 1 aliphatic rings. The molecule has 0 saturated carbocycles. The summed E-state index contributed by atoms with van der Waals surface area (Å²) in [4.78, 5) is 32.2. The molecule has 0 aromatic carbocycles. The van der Waals surface area contributed by atoms with Crippen LogP contribution in [0.4, 0.5) is 11.6 Å². The van der Waals surface area contributed by atoms with Crippen molar-refractivity contribution in [3.8, 4) is 0 Å². The van der Waals surface area contributed by atoms with E-state index in [1.165, 1.54) is 10.6 Å². The quantitative estimate of drug-likeness (QED) is 0.234. The standard InChI is InChI=1S/C28H39N7O4/c1-3-21-17-31-35-24(15-25(32-27(21)35)34-13-6-5-7-23(34)11-14-36)30-16-20-8-9-26(37)33(18-20)19-22(10-12-29)28(38)39-4-2/h8-10,15,17-18,23,30,36H,3-7,11-14,16,19,29H2,1-2H3/b22-10+/t23-/m0/s1. The summed E-state index contributed by atoms with van der Waals surface area (Å²) in [6.45, 7) is 5.78. The summed E-state index contributed by atoms with van der Waals surface area (Å²) in [6.07, 6.45) is 9.95. The Kier molecular flexibility index (Phi) is 9.72. The second kappa shape index (κ2) is 13.4. The molecule has 11 nitrogen and oxygen atoms in total. The molecular formula is C28H39N7O4. The van der Waals surface area contributed by atoms with Gasteiger partial charge in [-0.15, -0.1) is 0 Å². The molecule has 4 N–H and O–H groups in total. The fraction of sp³-hybridized carbons (Fsp3) is 0.500. The number of aromatic nitrogens is 4. The van der Waals surface area contributed by atoms with Gasteiger partial charge in [0, 0.05) is 56.2 Å². The van der Waals surface area contributed by atoms with Crippen molar-refractivity contribution in [1.29, 1.82) is 0 Å². The van der Waals surface area contributed by atoms with Crippen LogP contribution in [0.1, 0.15) is 50.7 Å². The highest BCUT2D eigenvalue weighted by molar-refractivity contribution is 5.88. The summed E-state index contributed by atoms with van der Waals surface area (Å²) in [5.74, 6) is 1.18. The first-order chi connectivity index (χ1) is 19.0. The van der Waals surface area contributed by atoms with Gasteiger partial charge >= 0.3 is 5.97 Å². The normalized spacial score (nSPS) is 16.1. The lowest BCUT2D eigenvalue weighted by Crippen LogP contribution is -2.40. The molecule has 1 fully saturated rings. The van der Waals surface area contributed by atoms with E-state index in [0.717, 1.165) is 60.6 Å². The first-order valence-corrected chi connectivity index (χ1v) is 13.7. The predicted molar refractivity (Wildman–Crippen MR) is 151 cm³/mol. The minimum Gasteiger partial charge on any atom is -0.463 e. The zero-order valence-corrected chi connectivity index (χ0v) is 22.8. The van der Waals surface area contributed by atoms with Gasteiger partial charge in [-0.05, 0) is 44.6 Å². The van der Waals surface area contributed by atoms with E-state index in [2.05, 4.69) is 22.2 Å². The van der Waals surface area contributed by atoms with E-state index in [4.69, 9.17) is 15.5 Å². The number of rotatable bonds is 12. The molecule has 0 bridgehead atoms. The number of ether oxygens (including phenoxy) is 1. The zero-order valence-electron chi connectivity index (χ0n) is 22.8. The number of esters is 1. The van der Waals surface area contributed by atoms with Crippen LogP contribution in [0.5, 0.6) is 0 Å². The number of anilines is 2. The molecule has 11 heteroatoms. The highest BCUT2D eigenvalue weighted by Crippen LogP contribution is 2.29. The Morgan fingerprint density at radius 1 is 1.31 bits per heavy atom. The van der Waals surface area contributed by atoms with Gasteiger partial charge in [0.1, 0.15) is 11.6 Å². The molecule has 4 heterocycles. The predicted octanol–water partition coefficient (Wildman–Crippen LogP) is 2.25. The van der Waals surface area contributed by atoms with Crippen molar-refractivity contribution >= 4 is 23.3 Å². The number of nitrogens with zero attached hydrogens (tertiary/aromatic N) is 5. The van der Waals surface area contributed by atoms with Gasteiger partial charge in [0.2, 0.25) is 0 Å². The number of nitrogens with one attached hydrogen (secondary N) is 1. The lowest BCUT2D eigenvalue weighted by atomic mass is 9.99. The number of hydrogen-bond donors (Lipinski definition) is 3. The lowest BCUT2D eigenvalue weighted by molar-refractivity contribution is -0.138. The summed E-state index contributed by atoms with van der Waals surface area (Å²) in [5.41, 5.74) is 8.48. The number of nitrogens with two attached hydrogens (primary N) is 1. The summed E-state index contributed by atoms with van der Waals surface area (Å²) in [6, 6.07) is 5.52. The fourth-order valence-corrected chi connectivity index (χ4v) is 5.03. The third-order valence-electron chi connectivity index (χ3n) is 7.06. The van der Waals surface area contributed by atoms with E-state index in [0.29, 0.717) is 18.5 Å². The molecule has 0 unspecified atom stereocenters. The maximum Gasteiger partial charge on any atom is 0.335 e. The van der Waals surface area contributed by atoms with Gasteiger partial charge in [-0.25, -0.2) is 9.78 Å². The van der Waals surface area contributed by atoms with Gasteiger partial charge < -0.3 is 30.4 Å². The van der Waals surface area contributed by atoms with Crippen LogP contribution in [-0.4, -0.2) is 62.6 Å². The van der Waals surface area contributed by atoms with Crippen molar-refractivity contribution in [2.75, 3.05) is 36.5 Å². The van der Waals surface area contributed by atoms with Gasteiger partial charge in [0.05, 0.1) is 24.9 Å². The van der Waals surface area contributed by atoms with Crippen LogP contribution < -0.4 is 21.5 Å². The molecule has 3 aromatic heterocycles. The Morgan fingerprint density at radius 2 is 2.15 bits per heavy atom. The van der Waals surface area contributed by atoms with Crippen molar-refractivity contribution in [2.24, 2.45) is 5.73 Å². The van der Waals surface area contributed by atoms with Gasteiger partial charge in [0.25, 0.3) is 5.56 Å². The van der Waals surface area contributed by atoms with Crippen LogP contribution in [0.25, 0.3) is 5.65 Å². The van der Waals surface area contributed by atoms with Crippen LogP contribution in [0, 0.1) is 0 Å². The number of pyridine rings is 1. The molecule has 0 spiro atoms. The second-order valence-corrected chi connectivity index (χ2v) is 9.66. The van der Waals surface area contributed by atoms with Crippen molar-refractivity contribution in [3.05, 3.63) is 63.7 Å². The van der Waals surface area contributed by atoms with Gasteiger partial charge in [-0.2, -0.15) is 9.61 Å². The molecule has 39 heavy (non-hydrogen) atoms. The SMILES string of the molecule is CCOC(=O)/C(=C/CN)Cn1cc(CNc2cc(N3CCCC[C@H]3CCO)nc3c(CC)cnn23)ccc1=O. The lowest BCUT2D eigenvalue weighted by Gasteiger charge is -2.36. The zero-order chi connectivity index (χ0) is 27.8. The third-order valence-corrected chi connectivity index (χ3v) is 7.06. The maximum atomic E-state index is 12.6. The molecule has 4 rings (SSSR count). The van der Waals surface area contributed by atoms with E-state index in [1.807, 2.05) is 16.8 Å². The van der Waals surface area contributed by atoms with Crippen LogP contribution in [-0.2, 0) is 29.0 Å². The Balaban J connectivity index is 1.61. The fourth-order valence-electron chi connectivity index (χ4n) is 5.03. The Bertz CT molecular complexity index is 1360. The second-order valence-electron chi connectivity index (χ2n) is 9.66. The van der Waals surface area contributed by atoms with Crippen molar-refractivity contribution < 1.29 is 14.6 Å². The van der Waals surface area contributed by atoms with E-state index in [-0.39, 0.29) is 37.9 Å². The van der Waals surface area contributed by atoms with Gasteiger partial charge in [-0.1, -0.05) is 19.1 Å². The Morgan fingerprint density at radius 3 is 2.90 bits per heavy atom. The number of aliphatic hydroxyl groups excluding tert-OH is 1. The molecule has 210 valence electrons. The molecule has 0 amide bonds. The maximum absolute atomic E-state index is 12.6. The Labute approximate surface area is 228 Å². The first-order valence-electron chi connectivity index (χ1n) is 13.7. The van der Waals surface area contributed by atoms with Gasteiger partial charge in [-0.3, -0.25) is 4.79 Å². The van der Waals surface area contributed by atoms with Crippen LogP contribution >= 0.6 is 0 Å². The highest BCUT2D eigenvalue weighted by Gasteiger charge is 2.25. The molecule has 3 aromatic rings. The highest BCUT2D eigenvalue weighted by atomic mass is 16.5. The smallest absolute Gasteiger partial charge is 0.335 e. The average Bonchev–Trinajstić information content (AvgIpc) is 3.37. The monoisotopic (exact) mass is 537 g/mol. The van der Waals surface area contributed by atoms with E-state index < -0.39 is 5.97 Å². The number of carbonyl (C=O) groups is 1. The number of piperidine rings is 1. The number of aliphatic hydroxyl groups is 1. The molecule has 0 radical (unpaired) electrons. The topological polar surface area (TPSA) is 140 Å². The van der Waals surface area contributed by atoms with E-state index in [9.17, 15) is 14.7 Å². The summed E-state index contributed by atoms with van der Waals surface area (Å²) >= 11 is 0. The largest absolute Gasteiger partial charge is 0.463 e. The number of aryl methyl sites for hydroxylation is 1. The molecular weight excluding hydrogens is 498 g/mol. The Hall–Kier alpha value is -3.70. The van der Waals surface area contributed by atoms with Crippen molar-refractivity contribution in [2.45, 2.75) is 65.1 Å². The molecule has 1 aliphatic heterocycles. The van der Waals surface area contributed by atoms with Crippen LogP contribution in [0.3, 0.4) is 0 Å².